The van der Waals surface area contributed by atoms with Gasteiger partial charge >= 0.3 is 0 Å². The average molecular weight is 386 g/mol. The van der Waals surface area contributed by atoms with Crippen LogP contribution >= 0.6 is 0 Å². The highest BCUT2D eigenvalue weighted by molar-refractivity contribution is 5.92. The molecule has 1 aromatic heterocycles. The SMILES string of the molecule is COc1ccc(CCNC(=O)c2cc(C)nc(NCCC(C)C)n2)cc1OC. The van der Waals surface area contributed by atoms with E-state index in [2.05, 4.69) is 34.4 Å². The summed E-state index contributed by atoms with van der Waals surface area (Å²) in [7, 11) is 3.21. The van der Waals surface area contributed by atoms with Crippen molar-refractivity contribution in [3.63, 3.8) is 0 Å². The Hall–Kier alpha value is -2.83. The van der Waals surface area contributed by atoms with Gasteiger partial charge in [-0.15, -0.1) is 0 Å². The highest BCUT2D eigenvalue weighted by atomic mass is 16.5. The molecule has 7 heteroatoms. The van der Waals surface area contributed by atoms with Gasteiger partial charge in [-0.05, 0) is 49.4 Å². The standard InChI is InChI=1S/C21H30N4O3/c1-14(2)8-10-23-21-24-15(3)12-17(25-21)20(26)22-11-9-16-6-7-18(27-4)19(13-16)28-5/h6-7,12-14H,8-11H2,1-5H3,(H,22,26)(H,23,24,25). The number of aryl methyl sites for hydroxylation is 1. The number of aromatic nitrogens is 2. The van der Waals surface area contributed by atoms with Gasteiger partial charge in [0.05, 0.1) is 14.2 Å². The fourth-order valence-corrected chi connectivity index (χ4v) is 2.68. The lowest BCUT2D eigenvalue weighted by Crippen LogP contribution is -2.27. The first kappa shape index (κ1) is 21.5. The van der Waals surface area contributed by atoms with Crippen LogP contribution in [0.4, 0.5) is 5.95 Å². The number of methoxy groups -OCH3 is 2. The number of amides is 1. The molecule has 1 heterocycles. The molecule has 0 aliphatic rings. The summed E-state index contributed by atoms with van der Waals surface area (Å²) < 4.78 is 10.6. The van der Waals surface area contributed by atoms with Crippen LogP contribution in [0.2, 0.25) is 0 Å². The number of nitrogens with one attached hydrogen (secondary N) is 2. The van der Waals surface area contributed by atoms with Crippen molar-refractivity contribution in [1.29, 1.82) is 0 Å². The lowest BCUT2D eigenvalue weighted by Gasteiger charge is -2.11. The fourth-order valence-electron chi connectivity index (χ4n) is 2.68. The Morgan fingerprint density at radius 1 is 1.07 bits per heavy atom. The average Bonchev–Trinajstić information content (AvgIpc) is 2.67. The summed E-state index contributed by atoms with van der Waals surface area (Å²) in [6.07, 6.45) is 1.69. The van der Waals surface area contributed by atoms with Crippen molar-refractivity contribution >= 4 is 11.9 Å². The summed E-state index contributed by atoms with van der Waals surface area (Å²) in [5.74, 6) is 2.24. The topological polar surface area (TPSA) is 85.4 Å². The summed E-state index contributed by atoms with van der Waals surface area (Å²) in [5, 5.41) is 6.10. The number of ether oxygens (including phenoxy) is 2. The third-order valence-electron chi connectivity index (χ3n) is 4.24. The molecule has 0 saturated heterocycles. The lowest BCUT2D eigenvalue weighted by atomic mass is 10.1. The minimum atomic E-state index is -0.210. The van der Waals surface area contributed by atoms with Crippen LogP contribution < -0.4 is 20.1 Å². The van der Waals surface area contributed by atoms with Crippen LogP contribution in [0.3, 0.4) is 0 Å². The highest BCUT2D eigenvalue weighted by Crippen LogP contribution is 2.27. The Kier molecular flexibility index (Phi) is 8.04. The Bertz CT molecular complexity index is 793. The monoisotopic (exact) mass is 386 g/mol. The molecule has 0 aliphatic carbocycles. The summed E-state index contributed by atoms with van der Waals surface area (Å²) >= 11 is 0. The summed E-state index contributed by atoms with van der Waals surface area (Å²) in [6.45, 7) is 7.46. The number of rotatable bonds is 10. The van der Waals surface area contributed by atoms with Crippen LogP contribution in [0.1, 0.15) is 42.0 Å². The molecule has 7 nitrogen and oxygen atoms in total. The Labute approximate surface area is 166 Å². The second kappa shape index (κ2) is 10.5. The molecular weight excluding hydrogens is 356 g/mol. The number of nitrogens with zero attached hydrogens (tertiary/aromatic N) is 2. The van der Waals surface area contributed by atoms with Crippen LogP contribution in [0.5, 0.6) is 11.5 Å². The molecule has 0 atom stereocenters. The van der Waals surface area contributed by atoms with Gasteiger partial charge in [-0.25, -0.2) is 9.97 Å². The number of carbonyl (C=O) groups is 1. The van der Waals surface area contributed by atoms with E-state index in [1.165, 1.54) is 0 Å². The van der Waals surface area contributed by atoms with E-state index >= 15 is 0 Å². The maximum absolute atomic E-state index is 12.5. The normalized spacial score (nSPS) is 10.6. The van der Waals surface area contributed by atoms with E-state index in [1.54, 1.807) is 20.3 Å². The summed E-state index contributed by atoms with van der Waals surface area (Å²) in [6, 6.07) is 7.42. The van der Waals surface area contributed by atoms with Crippen LogP contribution in [-0.2, 0) is 6.42 Å². The van der Waals surface area contributed by atoms with Crippen molar-refractivity contribution in [2.75, 3.05) is 32.6 Å². The maximum atomic E-state index is 12.5. The number of benzene rings is 1. The quantitative estimate of drug-likeness (QED) is 0.652. The van der Waals surface area contributed by atoms with Crippen molar-refractivity contribution in [3.05, 3.63) is 41.2 Å². The van der Waals surface area contributed by atoms with Gasteiger partial charge in [-0.2, -0.15) is 0 Å². The van der Waals surface area contributed by atoms with Gasteiger partial charge in [0, 0.05) is 18.8 Å². The first-order chi connectivity index (χ1) is 13.4. The molecule has 152 valence electrons. The summed E-state index contributed by atoms with van der Waals surface area (Å²) in [5.41, 5.74) is 2.17. The van der Waals surface area contributed by atoms with Crippen molar-refractivity contribution in [1.82, 2.24) is 15.3 Å². The molecule has 28 heavy (non-hydrogen) atoms. The zero-order valence-corrected chi connectivity index (χ0v) is 17.3. The van der Waals surface area contributed by atoms with E-state index in [9.17, 15) is 4.79 Å². The third kappa shape index (κ3) is 6.40. The molecule has 0 aliphatic heterocycles. The molecule has 2 N–H and O–H groups in total. The van der Waals surface area contributed by atoms with E-state index < -0.39 is 0 Å². The zero-order valence-electron chi connectivity index (χ0n) is 17.3. The number of carbonyl (C=O) groups excluding carboxylic acids is 1. The molecule has 0 radical (unpaired) electrons. The van der Waals surface area contributed by atoms with Crippen LogP contribution in [0.25, 0.3) is 0 Å². The molecule has 1 amide bonds. The van der Waals surface area contributed by atoms with Gasteiger partial charge in [0.15, 0.2) is 11.5 Å². The second-order valence-corrected chi connectivity index (χ2v) is 7.02. The van der Waals surface area contributed by atoms with E-state index in [0.29, 0.717) is 42.0 Å². The number of hydrogen-bond acceptors (Lipinski definition) is 6. The summed E-state index contributed by atoms with van der Waals surface area (Å²) in [4.78, 5) is 21.2. The molecule has 2 aromatic rings. The van der Waals surface area contributed by atoms with Crippen LogP contribution in [0.15, 0.2) is 24.3 Å². The van der Waals surface area contributed by atoms with E-state index in [4.69, 9.17) is 9.47 Å². The molecule has 0 spiro atoms. The Balaban J connectivity index is 1.93. The largest absolute Gasteiger partial charge is 0.493 e. The number of hydrogen-bond donors (Lipinski definition) is 2. The van der Waals surface area contributed by atoms with Gasteiger partial charge in [-0.3, -0.25) is 4.79 Å². The van der Waals surface area contributed by atoms with Gasteiger partial charge < -0.3 is 20.1 Å². The molecular formula is C21H30N4O3. The predicted octanol–water partition coefficient (Wildman–Crippen LogP) is 3.23. The first-order valence-electron chi connectivity index (χ1n) is 9.51. The van der Waals surface area contributed by atoms with Crippen molar-refractivity contribution in [2.24, 2.45) is 5.92 Å². The Morgan fingerprint density at radius 2 is 1.82 bits per heavy atom. The zero-order chi connectivity index (χ0) is 20.5. The van der Waals surface area contributed by atoms with Gasteiger partial charge in [0.2, 0.25) is 5.95 Å². The fraction of sp³-hybridized carbons (Fsp3) is 0.476. The molecule has 1 aromatic carbocycles. The van der Waals surface area contributed by atoms with Crippen LogP contribution in [0, 0.1) is 12.8 Å². The minimum absolute atomic E-state index is 0.210. The minimum Gasteiger partial charge on any atom is -0.493 e. The lowest BCUT2D eigenvalue weighted by molar-refractivity contribution is 0.0949. The van der Waals surface area contributed by atoms with Crippen molar-refractivity contribution in [2.45, 2.75) is 33.6 Å². The van der Waals surface area contributed by atoms with E-state index in [1.807, 2.05) is 25.1 Å². The highest BCUT2D eigenvalue weighted by Gasteiger charge is 2.11. The molecule has 0 unspecified atom stereocenters. The van der Waals surface area contributed by atoms with E-state index in [-0.39, 0.29) is 5.91 Å². The molecule has 0 fully saturated rings. The molecule has 0 bridgehead atoms. The third-order valence-corrected chi connectivity index (χ3v) is 4.24. The maximum Gasteiger partial charge on any atom is 0.270 e. The number of anilines is 1. The van der Waals surface area contributed by atoms with Crippen LogP contribution in [-0.4, -0.2) is 43.2 Å². The van der Waals surface area contributed by atoms with Gasteiger partial charge in [0.25, 0.3) is 5.91 Å². The van der Waals surface area contributed by atoms with E-state index in [0.717, 1.165) is 24.2 Å². The van der Waals surface area contributed by atoms with Gasteiger partial charge in [-0.1, -0.05) is 19.9 Å². The first-order valence-corrected chi connectivity index (χ1v) is 9.51. The van der Waals surface area contributed by atoms with Gasteiger partial charge in [0.1, 0.15) is 5.69 Å². The Morgan fingerprint density at radius 3 is 2.50 bits per heavy atom. The smallest absolute Gasteiger partial charge is 0.270 e. The van der Waals surface area contributed by atoms with Crippen molar-refractivity contribution < 1.29 is 14.3 Å². The second-order valence-electron chi connectivity index (χ2n) is 7.02. The van der Waals surface area contributed by atoms with Crippen molar-refractivity contribution in [3.8, 4) is 11.5 Å². The predicted molar refractivity (Wildman–Crippen MR) is 110 cm³/mol. The molecule has 2 rings (SSSR count). The molecule has 0 saturated carbocycles.